The molecule has 4 heteroatoms. The minimum Gasteiger partial charge on any atom is -0.385 e. The van der Waals surface area contributed by atoms with E-state index >= 15 is 0 Å². The largest absolute Gasteiger partial charge is 0.385 e. The van der Waals surface area contributed by atoms with Gasteiger partial charge in [0.05, 0.1) is 0 Å². The van der Waals surface area contributed by atoms with Gasteiger partial charge in [-0.2, -0.15) is 0 Å². The first-order valence-corrected chi connectivity index (χ1v) is 8.76. The van der Waals surface area contributed by atoms with Gasteiger partial charge in [0.2, 0.25) is 5.91 Å². The second kappa shape index (κ2) is 7.88. The fourth-order valence-electron chi connectivity index (χ4n) is 3.16. The summed E-state index contributed by atoms with van der Waals surface area (Å²) < 4.78 is 0. The van der Waals surface area contributed by atoms with E-state index in [1.54, 1.807) is 0 Å². The van der Waals surface area contributed by atoms with Crippen LogP contribution in [0.2, 0.25) is 0 Å². The molecule has 2 aromatic carbocycles. The van der Waals surface area contributed by atoms with Crippen molar-refractivity contribution >= 4 is 22.5 Å². The van der Waals surface area contributed by atoms with Crippen molar-refractivity contribution in [1.82, 2.24) is 10.3 Å². The molecule has 0 saturated heterocycles. The molecule has 0 radical (unpaired) electrons. The maximum absolute atomic E-state index is 12.0. The molecule has 0 bridgehead atoms. The molecule has 0 spiro atoms. The van der Waals surface area contributed by atoms with E-state index in [1.807, 2.05) is 18.3 Å². The molecule has 0 aliphatic carbocycles. The first-order valence-electron chi connectivity index (χ1n) is 8.76. The van der Waals surface area contributed by atoms with Crippen LogP contribution in [0.1, 0.15) is 23.1 Å². The van der Waals surface area contributed by atoms with Crippen molar-refractivity contribution in [1.29, 1.82) is 0 Å². The summed E-state index contributed by atoms with van der Waals surface area (Å²) in [6, 6.07) is 14.6. The molecule has 3 aromatic rings. The van der Waals surface area contributed by atoms with Crippen molar-refractivity contribution < 1.29 is 4.79 Å². The third kappa shape index (κ3) is 4.63. The van der Waals surface area contributed by atoms with Crippen LogP contribution in [0.15, 0.2) is 48.7 Å². The summed E-state index contributed by atoms with van der Waals surface area (Å²) in [5.74, 6) is 0.0803. The standard InChI is InChI=1S/C21H25N3O/c1-15-11-16(2)13-18(12-15)22-10-8-21(25)23-9-7-17-14-24-20-6-4-3-5-19(17)20/h3-6,11-14,22,24H,7-10H2,1-2H3,(H,23,25). The number of aromatic amines is 1. The van der Waals surface area contributed by atoms with Crippen LogP contribution < -0.4 is 10.6 Å². The number of fused-ring (bicyclic) bond motifs is 1. The highest BCUT2D eigenvalue weighted by atomic mass is 16.1. The summed E-state index contributed by atoms with van der Waals surface area (Å²) in [6.45, 7) is 5.46. The lowest BCUT2D eigenvalue weighted by atomic mass is 10.1. The highest BCUT2D eigenvalue weighted by Gasteiger charge is 2.05. The number of H-pyrrole nitrogens is 1. The number of anilines is 1. The molecule has 130 valence electrons. The Bertz CT molecular complexity index is 846. The van der Waals surface area contributed by atoms with Gasteiger partial charge in [0.1, 0.15) is 0 Å². The van der Waals surface area contributed by atoms with Crippen LogP contribution in [0.5, 0.6) is 0 Å². The van der Waals surface area contributed by atoms with Gasteiger partial charge in [-0.05, 0) is 55.2 Å². The molecular weight excluding hydrogens is 310 g/mol. The third-order valence-corrected chi connectivity index (χ3v) is 4.29. The van der Waals surface area contributed by atoms with E-state index in [2.05, 4.69) is 59.8 Å². The van der Waals surface area contributed by atoms with E-state index in [-0.39, 0.29) is 5.91 Å². The fourth-order valence-corrected chi connectivity index (χ4v) is 3.16. The number of para-hydroxylation sites is 1. The number of carbonyl (C=O) groups excluding carboxylic acids is 1. The van der Waals surface area contributed by atoms with Crippen LogP contribution in [-0.2, 0) is 11.2 Å². The van der Waals surface area contributed by atoms with Crippen LogP contribution in [-0.4, -0.2) is 24.0 Å². The predicted molar refractivity (Wildman–Crippen MR) is 104 cm³/mol. The van der Waals surface area contributed by atoms with Crippen LogP contribution in [0, 0.1) is 13.8 Å². The average molecular weight is 335 g/mol. The minimum atomic E-state index is 0.0803. The van der Waals surface area contributed by atoms with Crippen molar-refractivity contribution in [3.63, 3.8) is 0 Å². The molecule has 25 heavy (non-hydrogen) atoms. The molecule has 0 unspecified atom stereocenters. The Morgan fingerprint density at radius 3 is 2.60 bits per heavy atom. The molecule has 0 aliphatic heterocycles. The van der Waals surface area contributed by atoms with Gasteiger partial charge in [-0.1, -0.05) is 24.3 Å². The van der Waals surface area contributed by atoms with Crippen LogP contribution in [0.3, 0.4) is 0 Å². The maximum atomic E-state index is 12.0. The molecule has 0 atom stereocenters. The lowest BCUT2D eigenvalue weighted by Crippen LogP contribution is -2.27. The summed E-state index contributed by atoms with van der Waals surface area (Å²) in [4.78, 5) is 15.3. The molecule has 1 amide bonds. The molecule has 4 nitrogen and oxygen atoms in total. The molecule has 3 rings (SSSR count). The number of amides is 1. The van der Waals surface area contributed by atoms with Gasteiger partial charge >= 0.3 is 0 Å². The Labute approximate surface area is 148 Å². The summed E-state index contributed by atoms with van der Waals surface area (Å²) in [5, 5.41) is 7.55. The van der Waals surface area contributed by atoms with Gasteiger partial charge in [-0.25, -0.2) is 0 Å². The molecule has 1 aromatic heterocycles. The lowest BCUT2D eigenvalue weighted by molar-refractivity contribution is -0.120. The minimum absolute atomic E-state index is 0.0803. The van der Waals surface area contributed by atoms with Crippen molar-refractivity contribution in [3.8, 4) is 0 Å². The van der Waals surface area contributed by atoms with Gasteiger partial charge in [0.25, 0.3) is 0 Å². The SMILES string of the molecule is Cc1cc(C)cc(NCCC(=O)NCCc2c[nH]c3ccccc23)c1. The highest BCUT2D eigenvalue weighted by Crippen LogP contribution is 2.17. The number of aromatic nitrogens is 1. The first kappa shape index (κ1) is 17.1. The Kier molecular flexibility index (Phi) is 5.39. The highest BCUT2D eigenvalue weighted by molar-refractivity contribution is 5.83. The van der Waals surface area contributed by atoms with E-state index in [1.165, 1.54) is 22.1 Å². The van der Waals surface area contributed by atoms with Crippen molar-refractivity contribution in [2.45, 2.75) is 26.7 Å². The van der Waals surface area contributed by atoms with Crippen LogP contribution in [0.25, 0.3) is 10.9 Å². The zero-order chi connectivity index (χ0) is 17.6. The molecule has 0 saturated carbocycles. The number of benzene rings is 2. The molecule has 0 fully saturated rings. The Morgan fingerprint density at radius 1 is 1.04 bits per heavy atom. The van der Waals surface area contributed by atoms with E-state index < -0.39 is 0 Å². The van der Waals surface area contributed by atoms with Gasteiger partial charge in [0, 0.05) is 42.3 Å². The summed E-state index contributed by atoms with van der Waals surface area (Å²) in [7, 11) is 0. The number of hydrogen-bond acceptors (Lipinski definition) is 2. The zero-order valence-electron chi connectivity index (χ0n) is 14.9. The van der Waals surface area contributed by atoms with Crippen LogP contribution in [0.4, 0.5) is 5.69 Å². The van der Waals surface area contributed by atoms with Crippen molar-refractivity contribution in [2.75, 3.05) is 18.4 Å². The van der Waals surface area contributed by atoms with Crippen molar-refractivity contribution in [2.24, 2.45) is 0 Å². The topological polar surface area (TPSA) is 56.9 Å². The second-order valence-corrected chi connectivity index (χ2v) is 6.51. The average Bonchev–Trinajstić information content (AvgIpc) is 2.97. The molecule has 3 N–H and O–H groups in total. The Hall–Kier alpha value is -2.75. The molecule has 0 aliphatic rings. The summed E-state index contributed by atoms with van der Waals surface area (Å²) >= 11 is 0. The number of hydrogen-bond donors (Lipinski definition) is 3. The van der Waals surface area contributed by atoms with E-state index in [4.69, 9.17) is 0 Å². The fraction of sp³-hybridized carbons (Fsp3) is 0.286. The smallest absolute Gasteiger partial charge is 0.221 e. The van der Waals surface area contributed by atoms with E-state index in [0.717, 1.165) is 17.6 Å². The zero-order valence-corrected chi connectivity index (χ0v) is 14.9. The maximum Gasteiger partial charge on any atom is 0.221 e. The number of rotatable bonds is 7. The van der Waals surface area contributed by atoms with Gasteiger partial charge in [-0.15, -0.1) is 0 Å². The first-order chi connectivity index (χ1) is 12.1. The predicted octanol–water partition coefficient (Wildman–Crippen LogP) is 3.95. The normalized spacial score (nSPS) is 10.8. The van der Waals surface area contributed by atoms with Gasteiger partial charge in [0.15, 0.2) is 0 Å². The summed E-state index contributed by atoms with van der Waals surface area (Å²) in [6.07, 6.45) is 3.33. The van der Waals surface area contributed by atoms with Crippen molar-refractivity contribution in [3.05, 3.63) is 65.4 Å². The Balaban J connectivity index is 1.41. The monoisotopic (exact) mass is 335 g/mol. The lowest BCUT2D eigenvalue weighted by Gasteiger charge is -2.09. The van der Waals surface area contributed by atoms with Crippen LogP contribution >= 0.6 is 0 Å². The number of nitrogens with one attached hydrogen (secondary N) is 3. The van der Waals surface area contributed by atoms with Gasteiger partial charge < -0.3 is 15.6 Å². The quantitative estimate of drug-likeness (QED) is 0.612. The third-order valence-electron chi connectivity index (χ3n) is 4.29. The number of carbonyl (C=O) groups is 1. The summed E-state index contributed by atoms with van der Waals surface area (Å²) in [5.41, 5.74) is 5.91. The van der Waals surface area contributed by atoms with E-state index in [9.17, 15) is 4.79 Å². The second-order valence-electron chi connectivity index (χ2n) is 6.51. The Morgan fingerprint density at radius 2 is 1.80 bits per heavy atom. The van der Waals surface area contributed by atoms with Gasteiger partial charge in [-0.3, -0.25) is 4.79 Å². The van der Waals surface area contributed by atoms with E-state index in [0.29, 0.717) is 19.5 Å². The molecular formula is C21H25N3O. The number of aryl methyl sites for hydroxylation is 2. The molecule has 1 heterocycles.